The number of amides is 2. The molecule has 0 radical (unpaired) electrons. The number of benzene rings is 1. The van der Waals surface area contributed by atoms with Gasteiger partial charge in [0.1, 0.15) is 0 Å². The summed E-state index contributed by atoms with van der Waals surface area (Å²) in [5.74, 6) is -0.276. The SMILES string of the molecule is CCNc1cc(C)ccc1C(=O)NCC(C)(C)C(=O)NC. The van der Waals surface area contributed by atoms with Crippen molar-refractivity contribution < 1.29 is 9.59 Å². The Morgan fingerprint density at radius 2 is 1.90 bits per heavy atom. The molecule has 3 N–H and O–H groups in total. The fourth-order valence-electron chi connectivity index (χ4n) is 2.01. The molecule has 0 spiro atoms. The van der Waals surface area contributed by atoms with Crippen molar-refractivity contribution in [2.24, 2.45) is 5.41 Å². The molecule has 0 aliphatic heterocycles. The normalized spacial score (nSPS) is 10.9. The molecule has 0 saturated carbocycles. The van der Waals surface area contributed by atoms with E-state index in [0.717, 1.165) is 17.8 Å². The molecule has 0 atom stereocenters. The Kier molecular flexibility index (Phi) is 5.76. The summed E-state index contributed by atoms with van der Waals surface area (Å²) in [5, 5.41) is 8.63. The van der Waals surface area contributed by atoms with Gasteiger partial charge in [-0.05, 0) is 45.4 Å². The lowest BCUT2D eigenvalue weighted by Gasteiger charge is -2.23. The van der Waals surface area contributed by atoms with Crippen LogP contribution in [0.4, 0.5) is 5.69 Å². The molecular weight excluding hydrogens is 266 g/mol. The second-order valence-corrected chi connectivity index (χ2v) is 5.73. The molecule has 1 rings (SSSR count). The molecule has 1 aromatic carbocycles. The first kappa shape index (κ1) is 17.0. The van der Waals surface area contributed by atoms with Crippen LogP contribution in [0.25, 0.3) is 0 Å². The maximum Gasteiger partial charge on any atom is 0.253 e. The second kappa shape index (κ2) is 7.11. The van der Waals surface area contributed by atoms with Gasteiger partial charge in [-0.25, -0.2) is 0 Å². The van der Waals surface area contributed by atoms with Crippen LogP contribution in [0.5, 0.6) is 0 Å². The monoisotopic (exact) mass is 291 g/mol. The van der Waals surface area contributed by atoms with Gasteiger partial charge >= 0.3 is 0 Å². The Hall–Kier alpha value is -2.04. The molecule has 1 aromatic rings. The molecule has 0 fully saturated rings. The van der Waals surface area contributed by atoms with Crippen molar-refractivity contribution in [1.82, 2.24) is 10.6 Å². The number of rotatable bonds is 6. The Labute approximate surface area is 126 Å². The summed E-state index contributed by atoms with van der Waals surface area (Å²) in [6.07, 6.45) is 0. The van der Waals surface area contributed by atoms with Gasteiger partial charge in [0, 0.05) is 25.8 Å². The summed E-state index contributed by atoms with van der Waals surface area (Å²) in [6.45, 7) is 8.59. The first-order chi connectivity index (χ1) is 9.81. The maximum absolute atomic E-state index is 12.3. The van der Waals surface area contributed by atoms with Gasteiger partial charge in [0.15, 0.2) is 0 Å². The van der Waals surface area contributed by atoms with Gasteiger partial charge in [0.05, 0.1) is 11.0 Å². The van der Waals surface area contributed by atoms with E-state index in [0.29, 0.717) is 5.56 Å². The van der Waals surface area contributed by atoms with Crippen molar-refractivity contribution in [3.63, 3.8) is 0 Å². The summed E-state index contributed by atoms with van der Waals surface area (Å²) in [5.41, 5.74) is 1.85. The van der Waals surface area contributed by atoms with Crippen molar-refractivity contribution in [2.45, 2.75) is 27.7 Å². The second-order valence-electron chi connectivity index (χ2n) is 5.73. The summed E-state index contributed by atoms with van der Waals surface area (Å²) in [4.78, 5) is 24.0. The molecule has 0 saturated heterocycles. The van der Waals surface area contributed by atoms with Crippen LogP contribution in [-0.4, -0.2) is 32.0 Å². The topological polar surface area (TPSA) is 70.2 Å². The summed E-state index contributed by atoms with van der Waals surface area (Å²) < 4.78 is 0. The summed E-state index contributed by atoms with van der Waals surface area (Å²) in [7, 11) is 1.59. The third kappa shape index (κ3) is 4.48. The van der Waals surface area contributed by atoms with Gasteiger partial charge in [-0.1, -0.05) is 6.07 Å². The number of anilines is 1. The highest BCUT2D eigenvalue weighted by Crippen LogP contribution is 2.19. The van der Waals surface area contributed by atoms with E-state index in [-0.39, 0.29) is 18.4 Å². The van der Waals surface area contributed by atoms with E-state index in [1.54, 1.807) is 27.0 Å². The molecule has 0 heterocycles. The van der Waals surface area contributed by atoms with E-state index in [9.17, 15) is 9.59 Å². The van der Waals surface area contributed by atoms with Crippen LogP contribution in [0.3, 0.4) is 0 Å². The minimum Gasteiger partial charge on any atom is -0.385 e. The highest BCUT2D eigenvalue weighted by Gasteiger charge is 2.27. The first-order valence-corrected chi connectivity index (χ1v) is 7.16. The fourth-order valence-corrected chi connectivity index (χ4v) is 2.01. The van der Waals surface area contributed by atoms with Gasteiger partial charge in [-0.3, -0.25) is 9.59 Å². The van der Waals surface area contributed by atoms with E-state index in [2.05, 4.69) is 16.0 Å². The zero-order chi connectivity index (χ0) is 16.0. The Bertz CT molecular complexity index is 524. The maximum atomic E-state index is 12.3. The average Bonchev–Trinajstić information content (AvgIpc) is 2.44. The van der Waals surface area contributed by atoms with Crippen molar-refractivity contribution >= 4 is 17.5 Å². The highest BCUT2D eigenvalue weighted by molar-refractivity contribution is 6.00. The Balaban J connectivity index is 2.83. The fraction of sp³-hybridized carbons (Fsp3) is 0.500. The van der Waals surface area contributed by atoms with Crippen LogP contribution >= 0.6 is 0 Å². The third-order valence-corrected chi connectivity index (χ3v) is 3.32. The lowest BCUT2D eigenvalue weighted by atomic mass is 9.92. The van der Waals surface area contributed by atoms with E-state index >= 15 is 0 Å². The van der Waals surface area contributed by atoms with Gasteiger partial charge in [-0.15, -0.1) is 0 Å². The molecule has 0 aliphatic carbocycles. The molecular formula is C16H25N3O2. The minimum absolute atomic E-state index is 0.0985. The number of hydrogen-bond acceptors (Lipinski definition) is 3. The molecule has 2 amide bonds. The Morgan fingerprint density at radius 3 is 2.48 bits per heavy atom. The summed E-state index contributed by atoms with van der Waals surface area (Å²) in [6, 6.07) is 5.65. The molecule has 0 aliphatic rings. The van der Waals surface area contributed by atoms with Crippen molar-refractivity contribution in [1.29, 1.82) is 0 Å². The van der Waals surface area contributed by atoms with E-state index in [1.807, 2.05) is 26.0 Å². The van der Waals surface area contributed by atoms with E-state index < -0.39 is 5.41 Å². The van der Waals surface area contributed by atoms with Gasteiger partial charge in [-0.2, -0.15) is 0 Å². The van der Waals surface area contributed by atoms with Crippen molar-refractivity contribution in [2.75, 3.05) is 25.5 Å². The zero-order valence-corrected chi connectivity index (χ0v) is 13.5. The molecule has 5 heteroatoms. The largest absolute Gasteiger partial charge is 0.385 e. The van der Waals surface area contributed by atoms with Crippen LogP contribution in [0.1, 0.15) is 36.7 Å². The van der Waals surface area contributed by atoms with Gasteiger partial charge in [0.25, 0.3) is 5.91 Å². The zero-order valence-electron chi connectivity index (χ0n) is 13.5. The molecule has 5 nitrogen and oxygen atoms in total. The lowest BCUT2D eigenvalue weighted by molar-refractivity contribution is -0.128. The first-order valence-electron chi connectivity index (χ1n) is 7.16. The number of hydrogen-bond donors (Lipinski definition) is 3. The van der Waals surface area contributed by atoms with E-state index in [1.165, 1.54) is 0 Å². The van der Waals surface area contributed by atoms with Gasteiger partial charge < -0.3 is 16.0 Å². The predicted molar refractivity (Wildman–Crippen MR) is 85.5 cm³/mol. The van der Waals surface area contributed by atoms with Crippen LogP contribution in [-0.2, 0) is 4.79 Å². The number of carbonyl (C=O) groups is 2. The van der Waals surface area contributed by atoms with Crippen LogP contribution < -0.4 is 16.0 Å². The third-order valence-electron chi connectivity index (χ3n) is 3.32. The molecule has 21 heavy (non-hydrogen) atoms. The molecule has 0 aromatic heterocycles. The van der Waals surface area contributed by atoms with Crippen molar-refractivity contribution in [3.05, 3.63) is 29.3 Å². The quantitative estimate of drug-likeness (QED) is 0.750. The molecule has 116 valence electrons. The summed E-state index contributed by atoms with van der Waals surface area (Å²) >= 11 is 0. The van der Waals surface area contributed by atoms with Crippen LogP contribution in [0.2, 0.25) is 0 Å². The van der Waals surface area contributed by atoms with Crippen molar-refractivity contribution in [3.8, 4) is 0 Å². The number of carbonyl (C=O) groups excluding carboxylic acids is 2. The van der Waals surface area contributed by atoms with Crippen LogP contribution in [0.15, 0.2) is 18.2 Å². The molecule has 0 bridgehead atoms. The minimum atomic E-state index is -0.645. The standard InChI is InChI=1S/C16H25N3O2/c1-6-18-13-9-11(2)7-8-12(13)14(20)19-10-16(3,4)15(21)17-5/h7-9,18H,6,10H2,1-5H3,(H,17,21)(H,19,20). The van der Waals surface area contributed by atoms with Crippen LogP contribution in [0, 0.1) is 12.3 Å². The lowest BCUT2D eigenvalue weighted by Crippen LogP contribution is -2.43. The average molecular weight is 291 g/mol. The van der Waals surface area contributed by atoms with Gasteiger partial charge in [0.2, 0.25) is 5.91 Å². The smallest absolute Gasteiger partial charge is 0.253 e. The Morgan fingerprint density at radius 1 is 1.24 bits per heavy atom. The van der Waals surface area contributed by atoms with E-state index in [4.69, 9.17) is 0 Å². The number of aryl methyl sites for hydroxylation is 1. The predicted octanol–water partition coefficient (Wildman–Crippen LogP) is 1.93. The highest BCUT2D eigenvalue weighted by atomic mass is 16.2. The molecule has 0 unspecified atom stereocenters. The number of nitrogens with one attached hydrogen (secondary N) is 3.